The summed E-state index contributed by atoms with van der Waals surface area (Å²) in [4.78, 5) is 0. The van der Waals surface area contributed by atoms with Crippen LogP contribution in [0.25, 0.3) is 0 Å². The minimum absolute atomic E-state index is 0.219. The molecule has 26 heavy (non-hydrogen) atoms. The van der Waals surface area contributed by atoms with Crippen LogP contribution in [-0.4, -0.2) is 14.2 Å². The van der Waals surface area contributed by atoms with Crippen molar-refractivity contribution in [1.29, 1.82) is 0 Å². The molecule has 2 nitrogen and oxygen atoms in total. The summed E-state index contributed by atoms with van der Waals surface area (Å²) >= 11 is 0. The zero-order valence-corrected chi connectivity index (χ0v) is 18.3. The summed E-state index contributed by atoms with van der Waals surface area (Å²) in [5.74, 6) is 1.87. The molecule has 0 unspecified atom stereocenters. The van der Waals surface area contributed by atoms with Crippen molar-refractivity contribution in [3.63, 3.8) is 0 Å². The number of methoxy groups -OCH3 is 2. The summed E-state index contributed by atoms with van der Waals surface area (Å²) in [6, 6.07) is 12.5. The molecule has 0 spiro atoms. The maximum atomic E-state index is 5.16. The van der Waals surface area contributed by atoms with Gasteiger partial charge in [-0.15, -0.1) is 0 Å². The van der Waals surface area contributed by atoms with Crippen LogP contribution in [0.3, 0.4) is 0 Å². The van der Waals surface area contributed by atoms with Crippen LogP contribution in [0.4, 0.5) is 0 Å². The molecule has 2 heteroatoms. The highest BCUT2D eigenvalue weighted by Gasteiger charge is 2.16. The van der Waals surface area contributed by atoms with Crippen LogP contribution < -0.4 is 9.47 Å². The van der Waals surface area contributed by atoms with E-state index in [0.29, 0.717) is 0 Å². The average Bonchev–Trinajstić information content (AvgIpc) is 2.52. The van der Waals surface area contributed by atoms with Gasteiger partial charge in [0, 0.05) is 0 Å². The molecular formula is C24H36O2. The van der Waals surface area contributed by atoms with Gasteiger partial charge in [0.2, 0.25) is 0 Å². The molecule has 0 aliphatic heterocycles. The quantitative estimate of drug-likeness (QED) is 0.603. The molecule has 2 aromatic rings. The minimum atomic E-state index is 0.219. The topological polar surface area (TPSA) is 18.5 Å². The average molecular weight is 357 g/mol. The Morgan fingerprint density at radius 1 is 0.577 bits per heavy atom. The number of aryl methyl sites for hydroxylation is 2. The normalized spacial score (nSPS) is 11.5. The predicted molar refractivity (Wildman–Crippen MR) is 113 cm³/mol. The second kappa shape index (κ2) is 8.62. The number of hydrogen-bond donors (Lipinski definition) is 0. The maximum absolute atomic E-state index is 5.16. The molecule has 0 amide bonds. The fraction of sp³-hybridized carbons (Fsp3) is 0.500. The standard InChI is InChI=1S/2C12H18O/c2*1-9-8-10(13-5)6-7-11(9)12(2,3)4/h2*6-8H,1-5H3. The van der Waals surface area contributed by atoms with Crippen LogP contribution in [0.1, 0.15) is 63.8 Å². The summed E-state index contributed by atoms with van der Waals surface area (Å²) < 4.78 is 10.3. The summed E-state index contributed by atoms with van der Waals surface area (Å²) in [6.07, 6.45) is 0. The van der Waals surface area contributed by atoms with E-state index in [2.05, 4.69) is 79.7 Å². The molecule has 0 bridgehead atoms. The van der Waals surface area contributed by atoms with Crippen LogP contribution in [0.2, 0.25) is 0 Å². The zero-order valence-electron chi connectivity index (χ0n) is 18.3. The second-order valence-corrected chi connectivity index (χ2v) is 8.86. The van der Waals surface area contributed by atoms with Crippen molar-refractivity contribution in [3.8, 4) is 11.5 Å². The summed E-state index contributed by atoms with van der Waals surface area (Å²) in [5, 5.41) is 0. The van der Waals surface area contributed by atoms with Gasteiger partial charge in [-0.1, -0.05) is 53.7 Å². The van der Waals surface area contributed by atoms with Crippen LogP contribution in [0, 0.1) is 13.8 Å². The van der Waals surface area contributed by atoms with Gasteiger partial charge in [0.25, 0.3) is 0 Å². The van der Waals surface area contributed by atoms with Gasteiger partial charge in [0.15, 0.2) is 0 Å². The zero-order chi connectivity index (χ0) is 20.1. The van der Waals surface area contributed by atoms with E-state index < -0.39 is 0 Å². The Kier molecular flexibility index (Phi) is 7.32. The van der Waals surface area contributed by atoms with E-state index in [0.717, 1.165) is 11.5 Å². The number of benzene rings is 2. The van der Waals surface area contributed by atoms with Crippen LogP contribution in [0.15, 0.2) is 36.4 Å². The van der Waals surface area contributed by atoms with E-state index in [1.54, 1.807) is 14.2 Å². The van der Waals surface area contributed by atoms with Crippen LogP contribution in [-0.2, 0) is 10.8 Å². The number of ether oxygens (including phenoxy) is 2. The van der Waals surface area contributed by atoms with Gasteiger partial charge in [-0.25, -0.2) is 0 Å². The number of rotatable bonds is 2. The summed E-state index contributed by atoms with van der Waals surface area (Å²) in [7, 11) is 3.40. The molecule has 0 aromatic heterocycles. The Morgan fingerprint density at radius 2 is 0.885 bits per heavy atom. The van der Waals surface area contributed by atoms with Gasteiger partial charge in [-0.05, 0) is 71.2 Å². The van der Waals surface area contributed by atoms with Crippen molar-refractivity contribution in [2.24, 2.45) is 0 Å². The summed E-state index contributed by atoms with van der Waals surface area (Å²) in [5.41, 5.74) is 5.80. The van der Waals surface area contributed by atoms with E-state index in [9.17, 15) is 0 Å². The fourth-order valence-corrected chi connectivity index (χ4v) is 3.21. The molecule has 2 rings (SSSR count). The van der Waals surface area contributed by atoms with Crippen molar-refractivity contribution in [1.82, 2.24) is 0 Å². The van der Waals surface area contributed by atoms with E-state index >= 15 is 0 Å². The highest BCUT2D eigenvalue weighted by Crippen LogP contribution is 2.28. The highest BCUT2D eigenvalue weighted by atomic mass is 16.5. The Labute approximate surface area is 160 Å². The Bertz CT molecular complexity index is 652. The summed E-state index contributed by atoms with van der Waals surface area (Å²) in [6.45, 7) is 17.6. The monoisotopic (exact) mass is 356 g/mol. The van der Waals surface area contributed by atoms with E-state index in [4.69, 9.17) is 9.47 Å². The predicted octanol–water partition coefficient (Wildman–Crippen LogP) is 6.60. The molecular weight excluding hydrogens is 320 g/mol. The Hall–Kier alpha value is -1.96. The Balaban J connectivity index is 0.000000260. The first-order valence-electron chi connectivity index (χ1n) is 9.20. The molecule has 0 atom stereocenters. The van der Waals surface area contributed by atoms with E-state index in [-0.39, 0.29) is 10.8 Å². The third kappa shape index (κ3) is 6.09. The second-order valence-electron chi connectivity index (χ2n) is 8.86. The van der Waals surface area contributed by atoms with Crippen LogP contribution in [0.5, 0.6) is 11.5 Å². The van der Waals surface area contributed by atoms with Crippen LogP contribution >= 0.6 is 0 Å². The molecule has 0 aliphatic carbocycles. The molecule has 0 fully saturated rings. The molecule has 0 radical (unpaired) electrons. The third-order valence-electron chi connectivity index (χ3n) is 4.48. The first-order chi connectivity index (χ1) is 11.9. The van der Waals surface area contributed by atoms with Gasteiger partial charge >= 0.3 is 0 Å². The Morgan fingerprint density at radius 3 is 1.08 bits per heavy atom. The van der Waals surface area contributed by atoms with Gasteiger partial charge in [-0.2, -0.15) is 0 Å². The maximum Gasteiger partial charge on any atom is 0.119 e. The molecule has 0 heterocycles. The molecule has 2 aromatic carbocycles. The largest absolute Gasteiger partial charge is 0.497 e. The number of hydrogen-bond acceptors (Lipinski definition) is 2. The molecule has 0 aliphatic rings. The molecule has 0 saturated carbocycles. The van der Waals surface area contributed by atoms with Crippen molar-refractivity contribution >= 4 is 0 Å². The lowest BCUT2D eigenvalue weighted by atomic mass is 9.84. The molecule has 0 N–H and O–H groups in total. The minimum Gasteiger partial charge on any atom is -0.497 e. The van der Waals surface area contributed by atoms with Crippen molar-refractivity contribution < 1.29 is 9.47 Å². The van der Waals surface area contributed by atoms with Gasteiger partial charge < -0.3 is 9.47 Å². The molecule has 0 saturated heterocycles. The van der Waals surface area contributed by atoms with E-state index in [1.807, 2.05) is 12.1 Å². The van der Waals surface area contributed by atoms with E-state index in [1.165, 1.54) is 22.3 Å². The smallest absolute Gasteiger partial charge is 0.119 e. The first kappa shape index (κ1) is 22.1. The fourth-order valence-electron chi connectivity index (χ4n) is 3.21. The van der Waals surface area contributed by atoms with Crippen molar-refractivity contribution in [2.75, 3.05) is 14.2 Å². The third-order valence-corrected chi connectivity index (χ3v) is 4.48. The van der Waals surface area contributed by atoms with Gasteiger partial charge in [0.1, 0.15) is 11.5 Å². The lowest BCUT2D eigenvalue weighted by molar-refractivity contribution is 0.413. The van der Waals surface area contributed by atoms with Crippen molar-refractivity contribution in [2.45, 2.75) is 66.2 Å². The van der Waals surface area contributed by atoms with Gasteiger partial charge in [0.05, 0.1) is 14.2 Å². The lowest BCUT2D eigenvalue weighted by Gasteiger charge is -2.21. The SMILES string of the molecule is COc1ccc(C(C)(C)C)c(C)c1.COc1ccc(C(C)(C)C)c(C)c1. The van der Waals surface area contributed by atoms with Crippen molar-refractivity contribution in [3.05, 3.63) is 58.7 Å². The lowest BCUT2D eigenvalue weighted by Crippen LogP contribution is -2.12. The molecule has 144 valence electrons. The first-order valence-corrected chi connectivity index (χ1v) is 9.20. The highest BCUT2D eigenvalue weighted by molar-refractivity contribution is 5.39. The van der Waals surface area contributed by atoms with Gasteiger partial charge in [-0.3, -0.25) is 0 Å².